The number of rotatable bonds is 7. The Morgan fingerprint density at radius 1 is 0.667 bits per heavy atom. The molecular weight excluding hydrogens is 430 g/mol. The molecule has 3 aromatic carbocycles. The van der Waals surface area contributed by atoms with Crippen molar-refractivity contribution in [1.82, 2.24) is 0 Å². The Morgan fingerprint density at radius 3 is 1.43 bits per heavy atom. The van der Waals surface area contributed by atoms with Crippen LogP contribution >= 0.6 is 7.82 Å². The zero-order chi connectivity index (χ0) is 21.9. The fourth-order valence-corrected chi connectivity index (χ4v) is 3.54. The van der Waals surface area contributed by atoms with Gasteiger partial charge in [0.05, 0.1) is 5.56 Å². The van der Waals surface area contributed by atoms with E-state index < -0.39 is 48.2 Å². The molecule has 0 aromatic heterocycles. The van der Waals surface area contributed by atoms with Gasteiger partial charge in [-0.1, -0.05) is 43.0 Å². The smallest absolute Gasteiger partial charge is 0.386 e. The highest BCUT2D eigenvalue weighted by molar-refractivity contribution is 7.49. The fourth-order valence-electron chi connectivity index (χ4n) is 2.31. The van der Waals surface area contributed by atoms with Crippen LogP contribution in [0.1, 0.15) is 5.56 Å². The van der Waals surface area contributed by atoms with E-state index in [-0.39, 0.29) is 11.5 Å². The third kappa shape index (κ3) is 4.46. The molecule has 0 radical (unpaired) electrons. The standard InChI is InChI=1S/C20H12F5O4P/c1-12(15-16(21)18(23)20(25)19(24)17(15)22)27-30(26,28-13-8-4-2-5-9-13)29-14-10-6-3-7-11-14/h2-11H,1H2. The molecule has 0 heterocycles. The molecule has 0 atom stereocenters. The average molecular weight is 442 g/mol. The van der Waals surface area contributed by atoms with Gasteiger partial charge in [0.2, 0.25) is 5.82 Å². The summed E-state index contributed by atoms with van der Waals surface area (Å²) in [6.45, 7) is 3.14. The summed E-state index contributed by atoms with van der Waals surface area (Å²) in [7, 11) is -4.74. The van der Waals surface area contributed by atoms with E-state index >= 15 is 0 Å². The lowest BCUT2D eigenvalue weighted by atomic mass is 10.1. The number of phosphoric ester groups is 1. The largest absolute Gasteiger partial charge is 0.647 e. The highest BCUT2D eigenvalue weighted by atomic mass is 31.2. The zero-order valence-corrected chi connectivity index (χ0v) is 15.8. The number of benzene rings is 3. The predicted molar refractivity (Wildman–Crippen MR) is 98.1 cm³/mol. The summed E-state index contributed by atoms with van der Waals surface area (Å²) in [6, 6.07) is 14.9. The minimum absolute atomic E-state index is 0.0121. The monoisotopic (exact) mass is 442 g/mol. The van der Waals surface area contributed by atoms with Crippen molar-refractivity contribution in [3.63, 3.8) is 0 Å². The summed E-state index contributed by atoms with van der Waals surface area (Å²) in [5.41, 5.74) is -1.50. The number of hydrogen-bond acceptors (Lipinski definition) is 4. The second-order valence-corrected chi connectivity index (χ2v) is 7.16. The maximum Gasteiger partial charge on any atom is 0.647 e. The maximum absolute atomic E-state index is 14.0. The third-order valence-electron chi connectivity index (χ3n) is 3.63. The van der Waals surface area contributed by atoms with Crippen molar-refractivity contribution >= 4 is 13.6 Å². The van der Waals surface area contributed by atoms with E-state index in [1.54, 1.807) is 12.1 Å². The van der Waals surface area contributed by atoms with Gasteiger partial charge in [-0.3, -0.25) is 0 Å². The Kier molecular flexibility index (Phi) is 6.12. The van der Waals surface area contributed by atoms with Crippen LogP contribution in [0.4, 0.5) is 22.0 Å². The van der Waals surface area contributed by atoms with Gasteiger partial charge in [0, 0.05) is 0 Å². The zero-order valence-electron chi connectivity index (χ0n) is 15.0. The highest BCUT2D eigenvalue weighted by Crippen LogP contribution is 2.53. The molecule has 10 heteroatoms. The van der Waals surface area contributed by atoms with Crippen LogP contribution < -0.4 is 9.05 Å². The van der Waals surface area contributed by atoms with E-state index in [2.05, 4.69) is 6.58 Å². The Labute approximate surface area is 167 Å². The van der Waals surface area contributed by atoms with Gasteiger partial charge in [0.25, 0.3) is 0 Å². The predicted octanol–water partition coefficient (Wildman–Crippen LogP) is 6.64. The number of phosphoric acid groups is 1. The van der Waals surface area contributed by atoms with Crippen molar-refractivity contribution in [3.8, 4) is 11.5 Å². The quantitative estimate of drug-likeness (QED) is 0.135. The van der Waals surface area contributed by atoms with E-state index in [0.29, 0.717) is 0 Å². The first kappa shape index (κ1) is 21.4. The Morgan fingerprint density at radius 2 is 1.03 bits per heavy atom. The summed E-state index contributed by atoms with van der Waals surface area (Å²) in [4.78, 5) is 0. The first-order chi connectivity index (χ1) is 14.2. The molecule has 0 fully saturated rings. The Balaban J connectivity index is 1.99. The second kappa shape index (κ2) is 8.59. The number of para-hydroxylation sites is 2. The van der Waals surface area contributed by atoms with Crippen molar-refractivity contribution in [2.24, 2.45) is 0 Å². The molecular formula is C20H12F5O4P. The van der Waals surface area contributed by atoms with Crippen LogP contribution in [0.2, 0.25) is 0 Å². The van der Waals surface area contributed by atoms with Crippen LogP contribution in [-0.2, 0) is 9.09 Å². The van der Waals surface area contributed by atoms with E-state index in [4.69, 9.17) is 13.6 Å². The molecule has 156 valence electrons. The Hall–Kier alpha value is -3.32. The van der Waals surface area contributed by atoms with E-state index in [1.165, 1.54) is 48.5 Å². The molecule has 4 nitrogen and oxygen atoms in total. The van der Waals surface area contributed by atoms with Crippen molar-refractivity contribution in [1.29, 1.82) is 0 Å². The molecule has 0 unspecified atom stereocenters. The molecule has 0 aliphatic carbocycles. The van der Waals surface area contributed by atoms with E-state index in [9.17, 15) is 26.5 Å². The molecule has 0 saturated carbocycles. The first-order valence-corrected chi connectivity index (χ1v) is 9.67. The van der Waals surface area contributed by atoms with Gasteiger partial charge in [-0.05, 0) is 24.3 Å². The first-order valence-electron chi connectivity index (χ1n) is 8.21. The summed E-state index contributed by atoms with van der Waals surface area (Å²) in [5, 5.41) is 0. The van der Waals surface area contributed by atoms with E-state index in [1.807, 2.05) is 0 Å². The van der Waals surface area contributed by atoms with Crippen molar-refractivity contribution in [3.05, 3.63) is 102 Å². The molecule has 30 heavy (non-hydrogen) atoms. The number of hydrogen-bond donors (Lipinski definition) is 0. The lowest BCUT2D eigenvalue weighted by molar-refractivity contribution is 0.282. The average Bonchev–Trinajstić information content (AvgIpc) is 2.72. The molecule has 0 spiro atoms. The Bertz CT molecular complexity index is 1050. The third-order valence-corrected chi connectivity index (χ3v) is 4.94. The summed E-state index contributed by atoms with van der Waals surface area (Å²) >= 11 is 0. The van der Waals surface area contributed by atoms with Gasteiger partial charge in [-0.25, -0.2) is 22.0 Å². The second-order valence-electron chi connectivity index (χ2n) is 5.72. The van der Waals surface area contributed by atoms with Crippen LogP contribution in [0, 0.1) is 29.1 Å². The topological polar surface area (TPSA) is 44.8 Å². The lowest BCUT2D eigenvalue weighted by Crippen LogP contribution is -2.10. The summed E-state index contributed by atoms with van der Waals surface area (Å²) in [6.07, 6.45) is 0. The lowest BCUT2D eigenvalue weighted by Gasteiger charge is -2.21. The summed E-state index contributed by atoms with van der Waals surface area (Å²) in [5.74, 6) is -12.4. The highest BCUT2D eigenvalue weighted by Gasteiger charge is 2.37. The molecule has 3 rings (SSSR count). The summed E-state index contributed by atoms with van der Waals surface area (Å²) < 4.78 is 96.9. The van der Waals surface area contributed by atoms with Crippen LogP contribution in [0.5, 0.6) is 11.5 Å². The minimum Gasteiger partial charge on any atom is -0.386 e. The fraction of sp³-hybridized carbons (Fsp3) is 0. The molecule has 3 aromatic rings. The minimum atomic E-state index is -4.74. The van der Waals surface area contributed by atoms with Crippen molar-refractivity contribution in [2.45, 2.75) is 0 Å². The van der Waals surface area contributed by atoms with Gasteiger partial charge in [-0.15, -0.1) is 0 Å². The van der Waals surface area contributed by atoms with Gasteiger partial charge < -0.3 is 13.6 Å². The molecule has 0 amide bonds. The molecule has 0 N–H and O–H groups in total. The van der Waals surface area contributed by atoms with Gasteiger partial charge in [0.1, 0.15) is 17.3 Å². The van der Waals surface area contributed by atoms with E-state index in [0.717, 1.165) is 0 Å². The van der Waals surface area contributed by atoms with Crippen molar-refractivity contribution in [2.75, 3.05) is 0 Å². The van der Waals surface area contributed by atoms with Gasteiger partial charge >= 0.3 is 7.82 Å². The normalized spacial score (nSPS) is 11.1. The van der Waals surface area contributed by atoms with Crippen molar-refractivity contribution < 1.29 is 40.1 Å². The van der Waals surface area contributed by atoms with Crippen LogP contribution in [0.25, 0.3) is 5.76 Å². The molecule has 0 saturated heterocycles. The van der Waals surface area contributed by atoms with Gasteiger partial charge in [0.15, 0.2) is 23.3 Å². The molecule has 0 aliphatic heterocycles. The SMILES string of the molecule is C=C(OP(=O)(Oc1ccccc1)Oc1ccccc1)c1c(F)c(F)c(F)c(F)c1F. The van der Waals surface area contributed by atoms with Crippen LogP contribution in [0.3, 0.4) is 0 Å². The molecule has 0 aliphatic rings. The van der Waals surface area contributed by atoms with Crippen LogP contribution in [0.15, 0.2) is 67.2 Å². The maximum atomic E-state index is 14.0. The van der Waals surface area contributed by atoms with Crippen LogP contribution in [-0.4, -0.2) is 0 Å². The number of halogens is 5. The molecule has 0 bridgehead atoms. The van der Waals surface area contributed by atoms with Gasteiger partial charge in [-0.2, -0.15) is 4.57 Å².